The number of nitrogens with zero attached hydrogens (tertiary/aromatic N) is 1. The number of carboxylic acid groups (broad SMARTS) is 1. The van der Waals surface area contributed by atoms with Gasteiger partial charge in [-0.05, 0) is 12.8 Å². The van der Waals surface area contributed by atoms with E-state index in [0.717, 1.165) is 18.5 Å². The molecule has 2 rings (SSSR count). The first-order valence-corrected chi connectivity index (χ1v) is 4.92. The quantitative estimate of drug-likeness (QED) is 0.765. The maximum absolute atomic E-state index is 10.5. The van der Waals surface area contributed by atoms with Gasteiger partial charge in [0.1, 0.15) is 0 Å². The lowest BCUT2D eigenvalue weighted by molar-refractivity contribution is -0.146. The molecule has 1 atom stereocenters. The Hall–Kier alpha value is -0.940. The normalized spacial score (nSPS) is 18.5. The number of carbonyl (C=O) groups is 1. The lowest BCUT2D eigenvalue weighted by Gasteiger charge is -2.03. The Morgan fingerprint density at radius 2 is 2.38 bits per heavy atom. The third-order valence-electron chi connectivity index (χ3n) is 2.07. The van der Waals surface area contributed by atoms with E-state index < -0.39 is 12.1 Å². The van der Waals surface area contributed by atoms with Gasteiger partial charge in [-0.1, -0.05) is 0 Å². The Labute approximate surface area is 78.9 Å². The monoisotopic (exact) mass is 199 g/mol. The number of aliphatic hydroxyl groups is 1. The van der Waals surface area contributed by atoms with Crippen LogP contribution in [0.3, 0.4) is 0 Å². The zero-order valence-corrected chi connectivity index (χ0v) is 7.62. The first-order chi connectivity index (χ1) is 6.20. The van der Waals surface area contributed by atoms with Gasteiger partial charge in [0.15, 0.2) is 6.10 Å². The second kappa shape index (κ2) is 3.08. The summed E-state index contributed by atoms with van der Waals surface area (Å²) in [5.41, 5.74) is 2.37. The van der Waals surface area contributed by atoms with E-state index in [1.165, 1.54) is 11.3 Å². The molecule has 1 aromatic heterocycles. The Bertz CT molecular complexity index is 332. The molecule has 13 heavy (non-hydrogen) atoms. The van der Waals surface area contributed by atoms with Crippen molar-refractivity contribution in [3.05, 3.63) is 16.1 Å². The van der Waals surface area contributed by atoms with Crippen molar-refractivity contribution in [3.8, 4) is 0 Å². The molecule has 0 radical (unpaired) electrons. The summed E-state index contributed by atoms with van der Waals surface area (Å²) in [7, 11) is 0. The fourth-order valence-corrected chi connectivity index (χ4v) is 2.09. The molecule has 2 N–H and O–H groups in total. The number of thiazole rings is 1. The van der Waals surface area contributed by atoms with Crippen LogP contribution in [0, 0.1) is 0 Å². The van der Waals surface area contributed by atoms with Gasteiger partial charge in [0.25, 0.3) is 0 Å². The van der Waals surface area contributed by atoms with Crippen LogP contribution < -0.4 is 0 Å². The Kier molecular flexibility index (Phi) is 2.05. The molecule has 0 spiro atoms. The molecule has 0 saturated heterocycles. The SMILES string of the molecule is O=C(O)C(O)c1scnc1C1CC1. The topological polar surface area (TPSA) is 70.4 Å². The van der Waals surface area contributed by atoms with E-state index in [1.807, 2.05) is 0 Å². The van der Waals surface area contributed by atoms with Crippen LogP contribution in [-0.2, 0) is 4.79 Å². The van der Waals surface area contributed by atoms with E-state index in [2.05, 4.69) is 4.98 Å². The third kappa shape index (κ3) is 1.57. The maximum Gasteiger partial charge on any atom is 0.338 e. The van der Waals surface area contributed by atoms with E-state index in [1.54, 1.807) is 5.51 Å². The molecule has 1 fully saturated rings. The lowest BCUT2D eigenvalue weighted by Crippen LogP contribution is -2.10. The zero-order valence-electron chi connectivity index (χ0n) is 6.80. The lowest BCUT2D eigenvalue weighted by atomic mass is 10.2. The summed E-state index contributed by atoms with van der Waals surface area (Å²) in [5.74, 6) is -0.818. The first kappa shape index (κ1) is 8.65. The average molecular weight is 199 g/mol. The predicted molar refractivity (Wildman–Crippen MR) is 46.7 cm³/mol. The number of hydrogen-bond acceptors (Lipinski definition) is 4. The first-order valence-electron chi connectivity index (χ1n) is 4.04. The van der Waals surface area contributed by atoms with Crippen LogP contribution in [0.4, 0.5) is 0 Å². The van der Waals surface area contributed by atoms with Crippen molar-refractivity contribution >= 4 is 17.3 Å². The average Bonchev–Trinajstić information content (AvgIpc) is 2.83. The zero-order chi connectivity index (χ0) is 9.42. The summed E-state index contributed by atoms with van der Waals surface area (Å²) in [5, 5.41) is 17.9. The number of aliphatic hydroxyl groups excluding tert-OH is 1. The van der Waals surface area contributed by atoms with E-state index in [-0.39, 0.29) is 0 Å². The molecule has 1 unspecified atom stereocenters. The fourth-order valence-electron chi connectivity index (χ4n) is 1.24. The molecule has 1 aliphatic carbocycles. The number of aromatic nitrogens is 1. The van der Waals surface area contributed by atoms with Crippen molar-refractivity contribution < 1.29 is 15.0 Å². The molecule has 4 nitrogen and oxygen atoms in total. The second-order valence-corrected chi connectivity index (χ2v) is 4.00. The minimum atomic E-state index is -1.40. The van der Waals surface area contributed by atoms with Gasteiger partial charge in [0, 0.05) is 5.92 Å². The van der Waals surface area contributed by atoms with Gasteiger partial charge in [-0.2, -0.15) is 0 Å². The smallest absolute Gasteiger partial charge is 0.338 e. The Morgan fingerprint density at radius 1 is 1.69 bits per heavy atom. The van der Waals surface area contributed by atoms with Crippen molar-refractivity contribution in [1.82, 2.24) is 4.98 Å². The molecule has 0 amide bonds. The Balaban J connectivity index is 2.27. The van der Waals surface area contributed by atoms with Crippen molar-refractivity contribution in [2.24, 2.45) is 0 Å². The number of hydrogen-bond donors (Lipinski definition) is 2. The van der Waals surface area contributed by atoms with Gasteiger partial charge in [-0.15, -0.1) is 11.3 Å². The molecule has 70 valence electrons. The standard InChI is InChI=1S/C8H9NO3S/c10-6(8(11)12)7-5(4-1-2-4)9-3-13-7/h3-4,6,10H,1-2H2,(H,11,12). The number of carboxylic acids is 1. The molecular formula is C8H9NO3S. The van der Waals surface area contributed by atoms with Gasteiger partial charge in [0.05, 0.1) is 16.1 Å². The molecule has 5 heteroatoms. The molecule has 0 bridgehead atoms. The minimum absolute atomic E-state index is 0.384. The van der Waals surface area contributed by atoms with Crippen molar-refractivity contribution in [2.75, 3.05) is 0 Å². The molecule has 1 saturated carbocycles. The molecule has 1 aliphatic rings. The third-order valence-corrected chi connectivity index (χ3v) is 2.97. The van der Waals surface area contributed by atoms with Crippen LogP contribution >= 0.6 is 11.3 Å². The number of rotatable bonds is 3. The van der Waals surface area contributed by atoms with Gasteiger partial charge < -0.3 is 10.2 Å². The van der Waals surface area contributed by atoms with Gasteiger partial charge in [0.2, 0.25) is 0 Å². The van der Waals surface area contributed by atoms with E-state index >= 15 is 0 Å². The highest BCUT2D eigenvalue weighted by Crippen LogP contribution is 2.43. The summed E-state index contributed by atoms with van der Waals surface area (Å²) in [4.78, 5) is 15.1. The summed E-state index contributed by atoms with van der Waals surface area (Å²) in [6, 6.07) is 0. The van der Waals surface area contributed by atoms with Crippen LogP contribution in [0.15, 0.2) is 5.51 Å². The predicted octanol–water partition coefficient (Wildman–Crippen LogP) is 1.14. The molecule has 1 aromatic rings. The maximum atomic E-state index is 10.5. The molecule has 1 heterocycles. The van der Waals surface area contributed by atoms with Crippen LogP contribution in [0.25, 0.3) is 0 Å². The van der Waals surface area contributed by atoms with Gasteiger partial charge in [-0.3, -0.25) is 0 Å². The molecule has 0 aliphatic heterocycles. The second-order valence-electron chi connectivity index (χ2n) is 3.12. The van der Waals surface area contributed by atoms with E-state index in [0.29, 0.717) is 10.8 Å². The highest BCUT2D eigenvalue weighted by Gasteiger charge is 2.32. The van der Waals surface area contributed by atoms with Crippen LogP contribution in [0.5, 0.6) is 0 Å². The van der Waals surface area contributed by atoms with Crippen molar-refractivity contribution in [3.63, 3.8) is 0 Å². The van der Waals surface area contributed by atoms with Crippen LogP contribution in [0.2, 0.25) is 0 Å². The van der Waals surface area contributed by atoms with Gasteiger partial charge >= 0.3 is 5.97 Å². The Morgan fingerprint density at radius 3 is 2.92 bits per heavy atom. The minimum Gasteiger partial charge on any atom is -0.479 e. The van der Waals surface area contributed by atoms with E-state index in [9.17, 15) is 9.90 Å². The number of aliphatic carboxylic acids is 1. The summed E-state index contributed by atoms with van der Waals surface area (Å²) in [6.45, 7) is 0. The van der Waals surface area contributed by atoms with Crippen LogP contribution in [0.1, 0.15) is 35.4 Å². The fraction of sp³-hybridized carbons (Fsp3) is 0.500. The summed E-state index contributed by atoms with van der Waals surface area (Å²) >= 11 is 1.21. The van der Waals surface area contributed by atoms with Crippen molar-refractivity contribution in [2.45, 2.75) is 24.9 Å². The van der Waals surface area contributed by atoms with Gasteiger partial charge in [-0.25, -0.2) is 9.78 Å². The van der Waals surface area contributed by atoms with E-state index in [4.69, 9.17) is 5.11 Å². The highest BCUT2D eigenvalue weighted by atomic mass is 32.1. The molecule has 0 aromatic carbocycles. The van der Waals surface area contributed by atoms with Crippen LogP contribution in [-0.4, -0.2) is 21.2 Å². The van der Waals surface area contributed by atoms with Crippen molar-refractivity contribution in [1.29, 1.82) is 0 Å². The summed E-state index contributed by atoms with van der Waals surface area (Å²) in [6.07, 6.45) is 0.717. The molecular weight excluding hydrogens is 190 g/mol. The highest BCUT2D eigenvalue weighted by molar-refractivity contribution is 7.10. The largest absolute Gasteiger partial charge is 0.479 e. The summed E-state index contributed by atoms with van der Waals surface area (Å²) < 4.78 is 0.